The average molecular weight is 142 g/mol. The largest absolute Gasteiger partial charge is 0.466 e. The van der Waals surface area contributed by atoms with E-state index in [4.69, 9.17) is 0 Å². The molecule has 0 spiro atoms. The molecule has 0 heterocycles. The normalized spacial score (nSPS) is 12.3. The summed E-state index contributed by atoms with van der Waals surface area (Å²) in [6.45, 7) is 7.59. The maximum Gasteiger partial charge on any atom is 0.333 e. The zero-order valence-electron chi connectivity index (χ0n) is 6.81. The van der Waals surface area contributed by atoms with Crippen molar-refractivity contribution in [2.45, 2.75) is 20.3 Å². The van der Waals surface area contributed by atoms with Crippen LogP contribution in [0.1, 0.15) is 20.3 Å². The highest BCUT2D eigenvalue weighted by Crippen LogP contribution is 2.12. The molecule has 0 aliphatic heterocycles. The molecule has 0 aliphatic carbocycles. The van der Waals surface area contributed by atoms with Crippen LogP contribution in [-0.2, 0) is 9.53 Å². The fraction of sp³-hybridized carbons (Fsp3) is 0.625. The zero-order chi connectivity index (χ0) is 8.15. The third-order valence-electron chi connectivity index (χ3n) is 1.65. The van der Waals surface area contributed by atoms with Gasteiger partial charge in [0.05, 0.1) is 7.11 Å². The molecule has 0 aromatic rings. The van der Waals surface area contributed by atoms with Gasteiger partial charge in [-0.05, 0) is 12.3 Å². The molecule has 58 valence electrons. The minimum Gasteiger partial charge on any atom is -0.466 e. The standard InChI is InChI=1S/C8H14O2/c1-5-6(2)7(3)8(9)10-4/h6H,3,5H2,1-2,4H3/t6-/m1/s1. The predicted octanol–water partition coefficient (Wildman–Crippen LogP) is 1.76. The lowest BCUT2D eigenvalue weighted by molar-refractivity contribution is -0.136. The minimum atomic E-state index is -0.297. The van der Waals surface area contributed by atoms with Crippen LogP contribution < -0.4 is 0 Å². The zero-order valence-corrected chi connectivity index (χ0v) is 6.81. The fourth-order valence-electron chi connectivity index (χ4n) is 0.579. The summed E-state index contributed by atoms with van der Waals surface area (Å²) < 4.78 is 4.50. The molecule has 0 fully saturated rings. The summed E-state index contributed by atoms with van der Waals surface area (Å²) in [6.07, 6.45) is 0.925. The van der Waals surface area contributed by atoms with E-state index in [-0.39, 0.29) is 11.9 Å². The van der Waals surface area contributed by atoms with Crippen molar-refractivity contribution in [3.05, 3.63) is 12.2 Å². The lowest BCUT2D eigenvalue weighted by Gasteiger charge is -2.08. The summed E-state index contributed by atoms with van der Waals surface area (Å²) in [4.78, 5) is 10.8. The van der Waals surface area contributed by atoms with Crippen LogP contribution in [0.25, 0.3) is 0 Å². The van der Waals surface area contributed by atoms with E-state index in [1.54, 1.807) is 0 Å². The van der Waals surface area contributed by atoms with Gasteiger partial charge in [-0.15, -0.1) is 0 Å². The van der Waals surface area contributed by atoms with Gasteiger partial charge in [-0.3, -0.25) is 0 Å². The summed E-state index contributed by atoms with van der Waals surface area (Å²) in [6, 6.07) is 0. The highest BCUT2D eigenvalue weighted by molar-refractivity contribution is 5.88. The Labute approximate surface area is 61.9 Å². The first-order chi connectivity index (χ1) is 4.63. The SMILES string of the molecule is C=C(C(=O)OC)[C@H](C)CC. The molecular weight excluding hydrogens is 128 g/mol. The second-order valence-electron chi connectivity index (χ2n) is 2.33. The molecule has 0 unspecified atom stereocenters. The molecule has 1 atom stereocenters. The van der Waals surface area contributed by atoms with Gasteiger partial charge in [-0.25, -0.2) is 4.79 Å². The van der Waals surface area contributed by atoms with Crippen LogP contribution in [0.2, 0.25) is 0 Å². The van der Waals surface area contributed by atoms with Gasteiger partial charge < -0.3 is 4.74 Å². The second kappa shape index (κ2) is 4.09. The Bertz CT molecular complexity index is 138. The molecule has 0 amide bonds. The molecule has 0 aromatic heterocycles. The first-order valence-electron chi connectivity index (χ1n) is 3.40. The quantitative estimate of drug-likeness (QED) is 0.443. The van der Waals surface area contributed by atoms with Crippen molar-refractivity contribution in [3.63, 3.8) is 0 Å². The predicted molar refractivity (Wildman–Crippen MR) is 40.6 cm³/mol. The van der Waals surface area contributed by atoms with E-state index in [0.717, 1.165) is 6.42 Å². The number of rotatable bonds is 3. The van der Waals surface area contributed by atoms with Crippen molar-refractivity contribution in [3.8, 4) is 0 Å². The van der Waals surface area contributed by atoms with Gasteiger partial charge in [0.2, 0.25) is 0 Å². The summed E-state index contributed by atoms with van der Waals surface area (Å²) >= 11 is 0. The smallest absolute Gasteiger partial charge is 0.333 e. The van der Waals surface area contributed by atoms with E-state index in [9.17, 15) is 4.79 Å². The van der Waals surface area contributed by atoms with Crippen molar-refractivity contribution < 1.29 is 9.53 Å². The molecule has 10 heavy (non-hydrogen) atoms. The van der Waals surface area contributed by atoms with Crippen LogP contribution in [0, 0.1) is 5.92 Å². The maximum atomic E-state index is 10.8. The van der Waals surface area contributed by atoms with Gasteiger partial charge in [-0.2, -0.15) is 0 Å². The third-order valence-corrected chi connectivity index (χ3v) is 1.65. The maximum absolute atomic E-state index is 10.8. The molecule has 0 N–H and O–H groups in total. The van der Waals surface area contributed by atoms with Gasteiger partial charge in [0.25, 0.3) is 0 Å². The number of hydrogen-bond acceptors (Lipinski definition) is 2. The van der Waals surface area contributed by atoms with Gasteiger partial charge in [-0.1, -0.05) is 20.4 Å². The Morgan fingerprint density at radius 1 is 1.70 bits per heavy atom. The number of ether oxygens (including phenoxy) is 1. The van der Waals surface area contributed by atoms with Crippen molar-refractivity contribution in [1.82, 2.24) is 0 Å². The van der Waals surface area contributed by atoms with Crippen molar-refractivity contribution >= 4 is 5.97 Å². The highest BCUT2D eigenvalue weighted by Gasteiger charge is 2.12. The Kier molecular flexibility index (Phi) is 3.77. The summed E-state index contributed by atoms with van der Waals surface area (Å²) in [7, 11) is 1.37. The van der Waals surface area contributed by atoms with Gasteiger partial charge in [0.15, 0.2) is 0 Å². The third kappa shape index (κ3) is 2.21. The summed E-state index contributed by atoms with van der Waals surface area (Å²) in [5.74, 6) is -0.0678. The van der Waals surface area contributed by atoms with Crippen molar-refractivity contribution in [1.29, 1.82) is 0 Å². The number of esters is 1. The first kappa shape index (κ1) is 9.21. The molecular formula is C8H14O2. The van der Waals surface area contributed by atoms with Crippen molar-refractivity contribution in [2.24, 2.45) is 5.92 Å². The lowest BCUT2D eigenvalue weighted by Crippen LogP contribution is -2.10. The van der Waals surface area contributed by atoms with E-state index in [0.29, 0.717) is 5.57 Å². The number of carbonyl (C=O) groups is 1. The fourth-order valence-corrected chi connectivity index (χ4v) is 0.579. The molecule has 0 aromatic carbocycles. The van der Waals surface area contributed by atoms with E-state index in [1.165, 1.54) is 7.11 Å². The van der Waals surface area contributed by atoms with Crippen LogP contribution in [0.4, 0.5) is 0 Å². The van der Waals surface area contributed by atoms with E-state index in [1.807, 2.05) is 13.8 Å². The van der Waals surface area contributed by atoms with E-state index in [2.05, 4.69) is 11.3 Å². The first-order valence-corrected chi connectivity index (χ1v) is 3.40. The topological polar surface area (TPSA) is 26.3 Å². The van der Waals surface area contributed by atoms with Crippen LogP contribution in [0.15, 0.2) is 12.2 Å². The monoisotopic (exact) mass is 142 g/mol. The van der Waals surface area contributed by atoms with Gasteiger partial charge in [0, 0.05) is 5.57 Å². The molecule has 0 bridgehead atoms. The van der Waals surface area contributed by atoms with Gasteiger partial charge in [0.1, 0.15) is 0 Å². The lowest BCUT2D eigenvalue weighted by atomic mass is 10.0. The van der Waals surface area contributed by atoms with Crippen LogP contribution in [0.5, 0.6) is 0 Å². The number of methoxy groups -OCH3 is 1. The highest BCUT2D eigenvalue weighted by atomic mass is 16.5. The summed E-state index contributed by atoms with van der Waals surface area (Å²) in [5.41, 5.74) is 0.560. The molecule has 2 nitrogen and oxygen atoms in total. The molecule has 0 aliphatic rings. The van der Waals surface area contributed by atoms with Gasteiger partial charge >= 0.3 is 5.97 Å². The molecule has 0 radical (unpaired) electrons. The van der Waals surface area contributed by atoms with E-state index < -0.39 is 0 Å². The number of carbonyl (C=O) groups excluding carboxylic acids is 1. The van der Waals surface area contributed by atoms with Crippen LogP contribution in [-0.4, -0.2) is 13.1 Å². The van der Waals surface area contributed by atoms with E-state index >= 15 is 0 Å². The molecule has 0 rings (SSSR count). The Morgan fingerprint density at radius 2 is 2.20 bits per heavy atom. The molecule has 0 saturated heterocycles. The Morgan fingerprint density at radius 3 is 2.50 bits per heavy atom. The van der Waals surface area contributed by atoms with Crippen molar-refractivity contribution in [2.75, 3.05) is 7.11 Å². The van der Waals surface area contributed by atoms with Crippen LogP contribution >= 0.6 is 0 Å². The molecule has 2 heteroatoms. The number of hydrogen-bond donors (Lipinski definition) is 0. The van der Waals surface area contributed by atoms with Crippen LogP contribution in [0.3, 0.4) is 0 Å². The summed E-state index contributed by atoms with van der Waals surface area (Å²) in [5, 5.41) is 0. The second-order valence-corrected chi connectivity index (χ2v) is 2.33. The average Bonchev–Trinajstić information content (AvgIpc) is 2.00. The molecule has 0 saturated carbocycles. The minimum absolute atomic E-state index is 0.229. The Balaban J connectivity index is 3.95. The Hall–Kier alpha value is -0.790.